The molecule has 0 radical (unpaired) electrons. The molecular weight excluding hydrogens is 369 g/mol. The number of nitrogens with two attached hydrogens (primary N) is 1. The van der Waals surface area contributed by atoms with Crippen LogP contribution < -0.4 is 15.8 Å². The summed E-state index contributed by atoms with van der Waals surface area (Å²) in [6.07, 6.45) is -0.731. The molecule has 1 aromatic heterocycles. The molecule has 8 heteroatoms. The number of nitrogens with zero attached hydrogens (tertiary/aromatic N) is 1. The fourth-order valence-corrected chi connectivity index (χ4v) is 3.31. The zero-order chi connectivity index (χ0) is 17.3. The summed E-state index contributed by atoms with van der Waals surface area (Å²) in [4.78, 5) is 16.5. The van der Waals surface area contributed by atoms with Crippen LogP contribution >= 0.6 is 34.5 Å². The fraction of sp³-hybridized carbons (Fsp3) is 0.125. The second-order valence-corrected chi connectivity index (χ2v) is 6.96. The van der Waals surface area contributed by atoms with Gasteiger partial charge in [0.2, 0.25) is 0 Å². The minimum absolute atomic E-state index is 0.294. The SMILES string of the molecule is C[C@H](Oc1ccc(Cl)cc1Cl)C(=O)Nc1ccc2nc(N)sc2c1. The van der Waals surface area contributed by atoms with Crippen molar-refractivity contribution in [2.24, 2.45) is 0 Å². The van der Waals surface area contributed by atoms with Crippen molar-refractivity contribution in [3.8, 4) is 5.75 Å². The maximum Gasteiger partial charge on any atom is 0.265 e. The topological polar surface area (TPSA) is 77.2 Å². The largest absolute Gasteiger partial charge is 0.479 e. The van der Waals surface area contributed by atoms with Gasteiger partial charge in [-0.1, -0.05) is 34.5 Å². The lowest BCUT2D eigenvalue weighted by atomic mass is 10.2. The number of thiazole rings is 1. The number of amides is 1. The quantitative estimate of drug-likeness (QED) is 0.692. The molecule has 2 aromatic carbocycles. The Morgan fingerprint density at radius 2 is 2.08 bits per heavy atom. The summed E-state index contributed by atoms with van der Waals surface area (Å²) in [7, 11) is 0. The molecule has 0 saturated carbocycles. The third-order valence-electron chi connectivity index (χ3n) is 3.24. The lowest BCUT2D eigenvalue weighted by Crippen LogP contribution is -2.30. The Morgan fingerprint density at radius 3 is 2.83 bits per heavy atom. The van der Waals surface area contributed by atoms with E-state index in [1.54, 1.807) is 37.3 Å². The van der Waals surface area contributed by atoms with E-state index in [0.29, 0.717) is 26.6 Å². The van der Waals surface area contributed by atoms with Gasteiger partial charge in [0.15, 0.2) is 11.2 Å². The number of anilines is 2. The second kappa shape index (κ2) is 6.84. The Kier molecular flexibility index (Phi) is 4.80. The molecule has 1 heterocycles. The summed E-state index contributed by atoms with van der Waals surface area (Å²) in [5.41, 5.74) is 7.12. The first kappa shape index (κ1) is 16.8. The van der Waals surface area contributed by atoms with Crippen molar-refractivity contribution < 1.29 is 9.53 Å². The van der Waals surface area contributed by atoms with E-state index in [1.165, 1.54) is 11.3 Å². The standard InChI is InChI=1S/C16H13Cl2N3O2S/c1-8(23-13-5-2-9(17)6-11(13)18)15(22)20-10-3-4-12-14(7-10)24-16(19)21-12/h2-8H,1H3,(H2,19,21)(H,20,22)/t8-/m0/s1. The minimum atomic E-state index is -0.731. The first-order valence-electron chi connectivity index (χ1n) is 7.01. The third-order valence-corrected chi connectivity index (χ3v) is 4.62. The number of nitrogen functional groups attached to an aromatic ring is 1. The van der Waals surface area contributed by atoms with Gasteiger partial charge in [0, 0.05) is 10.7 Å². The van der Waals surface area contributed by atoms with Gasteiger partial charge >= 0.3 is 0 Å². The number of halogens is 2. The van der Waals surface area contributed by atoms with Crippen molar-refractivity contribution in [1.29, 1.82) is 0 Å². The maximum atomic E-state index is 12.3. The van der Waals surface area contributed by atoms with Crippen molar-refractivity contribution in [2.75, 3.05) is 11.1 Å². The van der Waals surface area contributed by atoms with E-state index in [9.17, 15) is 4.79 Å². The predicted octanol–water partition coefficient (Wildman–Crippen LogP) is 4.59. The normalized spacial score (nSPS) is 12.1. The van der Waals surface area contributed by atoms with Crippen LogP contribution in [0.4, 0.5) is 10.8 Å². The average Bonchev–Trinajstić information content (AvgIpc) is 2.89. The van der Waals surface area contributed by atoms with E-state index in [0.717, 1.165) is 10.2 Å². The molecule has 0 unspecified atom stereocenters. The summed E-state index contributed by atoms with van der Waals surface area (Å²) in [6.45, 7) is 1.64. The van der Waals surface area contributed by atoms with E-state index in [2.05, 4.69) is 10.3 Å². The molecule has 5 nitrogen and oxygen atoms in total. The summed E-state index contributed by atoms with van der Waals surface area (Å²) in [6, 6.07) is 10.2. The van der Waals surface area contributed by atoms with Crippen molar-refractivity contribution in [3.63, 3.8) is 0 Å². The molecule has 0 fully saturated rings. The first-order valence-corrected chi connectivity index (χ1v) is 8.58. The van der Waals surface area contributed by atoms with E-state index >= 15 is 0 Å². The molecule has 0 spiro atoms. The van der Waals surface area contributed by atoms with Gasteiger partial charge in [-0.05, 0) is 43.3 Å². The van der Waals surface area contributed by atoms with Crippen molar-refractivity contribution >= 4 is 61.5 Å². The van der Waals surface area contributed by atoms with E-state index < -0.39 is 6.10 Å². The van der Waals surface area contributed by atoms with Crippen LogP contribution in [0.25, 0.3) is 10.2 Å². The molecule has 3 aromatic rings. The van der Waals surface area contributed by atoms with Crippen LogP contribution in [0.5, 0.6) is 5.75 Å². The Bertz CT molecular complexity index is 913. The number of fused-ring (bicyclic) bond motifs is 1. The van der Waals surface area contributed by atoms with Crippen molar-refractivity contribution in [3.05, 3.63) is 46.4 Å². The highest BCUT2D eigenvalue weighted by atomic mass is 35.5. The summed E-state index contributed by atoms with van der Waals surface area (Å²) in [5, 5.41) is 4.14. The number of hydrogen-bond donors (Lipinski definition) is 2. The van der Waals surface area contributed by atoms with Crippen LogP contribution in [0, 0.1) is 0 Å². The molecule has 0 aliphatic rings. The summed E-state index contributed by atoms with van der Waals surface area (Å²) < 4.78 is 6.50. The zero-order valence-electron chi connectivity index (χ0n) is 12.5. The minimum Gasteiger partial charge on any atom is -0.479 e. The zero-order valence-corrected chi connectivity index (χ0v) is 14.9. The summed E-state index contributed by atoms with van der Waals surface area (Å²) >= 11 is 13.2. The highest BCUT2D eigenvalue weighted by molar-refractivity contribution is 7.22. The van der Waals surface area contributed by atoms with Crippen LogP contribution in [0.15, 0.2) is 36.4 Å². The molecule has 0 aliphatic carbocycles. The Labute approximate surface area is 152 Å². The van der Waals surface area contributed by atoms with E-state index in [1.807, 2.05) is 6.07 Å². The second-order valence-electron chi connectivity index (χ2n) is 5.06. The van der Waals surface area contributed by atoms with Crippen LogP contribution in [0.3, 0.4) is 0 Å². The lowest BCUT2D eigenvalue weighted by Gasteiger charge is -2.15. The van der Waals surface area contributed by atoms with Crippen LogP contribution in [-0.4, -0.2) is 17.0 Å². The highest BCUT2D eigenvalue weighted by Crippen LogP contribution is 2.29. The van der Waals surface area contributed by atoms with E-state index in [4.69, 9.17) is 33.7 Å². The van der Waals surface area contributed by atoms with Gasteiger partial charge in [-0.2, -0.15) is 0 Å². The number of carbonyl (C=O) groups excluding carboxylic acids is 1. The molecule has 1 amide bonds. The molecule has 1 atom stereocenters. The highest BCUT2D eigenvalue weighted by Gasteiger charge is 2.17. The van der Waals surface area contributed by atoms with Crippen molar-refractivity contribution in [1.82, 2.24) is 4.98 Å². The molecule has 3 N–H and O–H groups in total. The Morgan fingerprint density at radius 1 is 1.29 bits per heavy atom. The van der Waals surface area contributed by atoms with Gasteiger partial charge in [0.25, 0.3) is 5.91 Å². The molecular formula is C16H13Cl2N3O2S. The van der Waals surface area contributed by atoms with Crippen LogP contribution in [0.1, 0.15) is 6.92 Å². The molecule has 0 bridgehead atoms. The van der Waals surface area contributed by atoms with Gasteiger partial charge in [0.1, 0.15) is 5.75 Å². The van der Waals surface area contributed by atoms with Gasteiger partial charge < -0.3 is 15.8 Å². The number of hydrogen-bond acceptors (Lipinski definition) is 5. The maximum absolute atomic E-state index is 12.3. The fourth-order valence-electron chi connectivity index (χ4n) is 2.08. The number of aromatic nitrogens is 1. The van der Waals surface area contributed by atoms with Crippen molar-refractivity contribution in [2.45, 2.75) is 13.0 Å². The number of benzene rings is 2. The number of carbonyl (C=O) groups is 1. The lowest BCUT2D eigenvalue weighted by molar-refractivity contribution is -0.122. The van der Waals surface area contributed by atoms with E-state index in [-0.39, 0.29) is 5.91 Å². The van der Waals surface area contributed by atoms with Crippen LogP contribution in [0.2, 0.25) is 10.0 Å². The molecule has 124 valence electrons. The average molecular weight is 382 g/mol. The molecule has 0 aliphatic heterocycles. The molecule has 0 saturated heterocycles. The van der Waals surface area contributed by atoms with Gasteiger partial charge in [-0.25, -0.2) is 4.98 Å². The van der Waals surface area contributed by atoms with Gasteiger partial charge in [-0.15, -0.1) is 0 Å². The number of ether oxygens (including phenoxy) is 1. The molecule has 24 heavy (non-hydrogen) atoms. The van der Waals surface area contributed by atoms with Gasteiger partial charge in [-0.3, -0.25) is 4.79 Å². The van der Waals surface area contributed by atoms with Gasteiger partial charge in [0.05, 0.1) is 15.2 Å². The van der Waals surface area contributed by atoms with Crippen LogP contribution in [-0.2, 0) is 4.79 Å². The number of rotatable bonds is 4. The Hall–Kier alpha value is -2.02. The predicted molar refractivity (Wildman–Crippen MR) is 99.2 cm³/mol. The monoisotopic (exact) mass is 381 g/mol. The molecule has 3 rings (SSSR count). The number of nitrogens with one attached hydrogen (secondary N) is 1. The Balaban J connectivity index is 1.70. The smallest absolute Gasteiger partial charge is 0.265 e. The summed E-state index contributed by atoms with van der Waals surface area (Å²) in [5.74, 6) is 0.104. The first-order chi connectivity index (χ1) is 11.4. The third kappa shape index (κ3) is 3.72.